The summed E-state index contributed by atoms with van der Waals surface area (Å²) in [6.45, 7) is 5.09. The van der Waals surface area contributed by atoms with Gasteiger partial charge in [-0.25, -0.2) is 4.39 Å². The van der Waals surface area contributed by atoms with Crippen molar-refractivity contribution in [2.24, 2.45) is 0 Å². The van der Waals surface area contributed by atoms with E-state index in [-0.39, 0.29) is 23.3 Å². The quantitative estimate of drug-likeness (QED) is 0.494. The Hall–Kier alpha value is -3.66. The molecule has 6 nitrogen and oxygen atoms in total. The third-order valence-electron chi connectivity index (χ3n) is 6.59. The monoisotopic (exact) mass is 502 g/mol. The molecule has 1 aliphatic rings. The van der Waals surface area contributed by atoms with E-state index < -0.39 is 34.6 Å². The molecular formula is C26H26F4N4O2. The van der Waals surface area contributed by atoms with E-state index in [0.717, 1.165) is 6.20 Å². The van der Waals surface area contributed by atoms with Crippen LogP contribution >= 0.6 is 0 Å². The van der Waals surface area contributed by atoms with Crippen LogP contribution in [-0.4, -0.2) is 48.0 Å². The van der Waals surface area contributed by atoms with Gasteiger partial charge in [0.25, 0.3) is 5.91 Å². The Morgan fingerprint density at radius 1 is 1.06 bits per heavy atom. The molecule has 3 aromatic rings. The highest BCUT2D eigenvalue weighted by atomic mass is 19.4. The fraction of sp³-hybridized carbons (Fsp3) is 0.308. The highest BCUT2D eigenvalue weighted by molar-refractivity contribution is 6.07. The van der Waals surface area contributed by atoms with Gasteiger partial charge in [-0.3, -0.25) is 14.5 Å². The standard InChI is InChI=1S/C26H26F4N4O2/c1-15-13-34(14-16(2)33(15)3)23-11-21(27)18(17-7-5-4-6-8-17)9-22(23)32-25(36)19-12-31-24(35)10-20(19)26(28,29)30/h4-12,15-16H,13-14H2,1-3H3,(H,31,35)(H,32,36). The van der Waals surface area contributed by atoms with Crippen LogP contribution in [0.2, 0.25) is 0 Å². The number of nitrogens with one attached hydrogen (secondary N) is 2. The number of carbonyl (C=O) groups is 1. The predicted octanol–water partition coefficient (Wildman–Crippen LogP) is 4.98. The fourth-order valence-corrected chi connectivity index (χ4v) is 4.45. The van der Waals surface area contributed by atoms with E-state index in [9.17, 15) is 22.8 Å². The summed E-state index contributed by atoms with van der Waals surface area (Å²) >= 11 is 0. The molecule has 0 radical (unpaired) electrons. The second-order valence-corrected chi connectivity index (χ2v) is 9.06. The van der Waals surface area contributed by atoms with Crippen LogP contribution in [0.25, 0.3) is 11.1 Å². The minimum Gasteiger partial charge on any atom is -0.367 e. The second kappa shape index (κ2) is 9.77. The van der Waals surface area contributed by atoms with Gasteiger partial charge in [0.1, 0.15) is 5.82 Å². The van der Waals surface area contributed by atoms with Crippen LogP contribution in [0.1, 0.15) is 29.8 Å². The van der Waals surface area contributed by atoms with Crippen LogP contribution in [-0.2, 0) is 6.18 Å². The summed E-state index contributed by atoms with van der Waals surface area (Å²) in [6, 6.07) is 12.0. The summed E-state index contributed by atoms with van der Waals surface area (Å²) in [5, 5.41) is 2.55. The first kappa shape index (κ1) is 25.4. The van der Waals surface area contributed by atoms with Gasteiger partial charge in [-0.1, -0.05) is 30.3 Å². The number of alkyl halides is 3. The maximum Gasteiger partial charge on any atom is 0.417 e. The van der Waals surface area contributed by atoms with Gasteiger partial charge in [0, 0.05) is 43.0 Å². The molecule has 2 aromatic carbocycles. The van der Waals surface area contributed by atoms with E-state index in [1.165, 1.54) is 12.1 Å². The van der Waals surface area contributed by atoms with E-state index in [2.05, 4.69) is 15.2 Å². The van der Waals surface area contributed by atoms with Gasteiger partial charge < -0.3 is 15.2 Å². The van der Waals surface area contributed by atoms with Crippen molar-refractivity contribution >= 4 is 17.3 Å². The summed E-state index contributed by atoms with van der Waals surface area (Å²) in [6.07, 6.45) is -4.17. The summed E-state index contributed by atoms with van der Waals surface area (Å²) < 4.78 is 56.0. The first-order chi connectivity index (χ1) is 17.0. The maximum absolute atomic E-state index is 15.3. The first-order valence-corrected chi connectivity index (χ1v) is 11.4. The number of nitrogens with zero attached hydrogens (tertiary/aromatic N) is 2. The van der Waals surface area contributed by atoms with Gasteiger partial charge in [0.2, 0.25) is 5.56 Å². The van der Waals surface area contributed by atoms with Crippen LogP contribution < -0.4 is 15.8 Å². The Balaban J connectivity index is 1.81. The molecule has 190 valence electrons. The molecule has 36 heavy (non-hydrogen) atoms. The lowest BCUT2D eigenvalue weighted by molar-refractivity contribution is -0.138. The van der Waals surface area contributed by atoms with Gasteiger partial charge in [-0.2, -0.15) is 13.2 Å². The fourth-order valence-electron chi connectivity index (χ4n) is 4.45. The molecular weight excluding hydrogens is 476 g/mol. The zero-order valence-electron chi connectivity index (χ0n) is 20.0. The Labute approximate surface area is 205 Å². The number of pyridine rings is 1. The highest BCUT2D eigenvalue weighted by Crippen LogP contribution is 2.37. The SMILES string of the molecule is CC1CN(c2cc(F)c(-c3ccccc3)cc2NC(=O)c2c[nH]c(=O)cc2C(F)(F)F)CC(C)N1C. The van der Waals surface area contributed by atoms with E-state index in [0.29, 0.717) is 30.4 Å². The number of aromatic amines is 1. The summed E-state index contributed by atoms with van der Waals surface area (Å²) in [5.41, 5.74) is -1.78. The Bertz CT molecular complexity index is 1310. The average molecular weight is 503 g/mol. The number of anilines is 2. The molecule has 1 aromatic heterocycles. The summed E-state index contributed by atoms with van der Waals surface area (Å²) in [7, 11) is 1.99. The third kappa shape index (κ3) is 5.13. The van der Waals surface area contributed by atoms with Crippen LogP contribution in [0.15, 0.2) is 59.5 Å². The summed E-state index contributed by atoms with van der Waals surface area (Å²) in [4.78, 5) is 30.8. The molecule has 0 spiro atoms. The largest absolute Gasteiger partial charge is 0.417 e. The molecule has 2 unspecified atom stereocenters. The summed E-state index contributed by atoms with van der Waals surface area (Å²) in [5.74, 6) is -1.59. The van der Waals surface area contributed by atoms with Crippen molar-refractivity contribution in [3.05, 3.63) is 82.0 Å². The Morgan fingerprint density at radius 2 is 1.69 bits per heavy atom. The molecule has 1 amide bonds. The highest BCUT2D eigenvalue weighted by Gasteiger charge is 2.36. The number of carbonyl (C=O) groups excluding carboxylic acids is 1. The third-order valence-corrected chi connectivity index (χ3v) is 6.59. The topological polar surface area (TPSA) is 68.4 Å². The Morgan fingerprint density at radius 3 is 2.31 bits per heavy atom. The van der Waals surface area contributed by atoms with E-state index in [1.54, 1.807) is 30.3 Å². The number of hydrogen-bond donors (Lipinski definition) is 2. The van der Waals surface area contributed by atoms with Crippen molar-refractivity contribution in [1.29, 1.82) is 0 Å². The normalized spacial score (nSPS) is 18.8. The van der Waals surface area contributed by atoms with E-state index >= 15 is 4.39 Å². The molecule has 1 aliphatic heterocycles. The van der Waals surface area contributed by atoms with Crippen LogP contribution in [0.4, 0.5) is 28.9 Å². The molecule has 0 saturated carbocycles. The number of hydrogen-bond acceptors (Lipinski definition) is 4. The van der Waals surface area contributed by atoms with Crippen LogP contribution in [0.5, 0.6) is 0 Å². The lowest BCUT2D eigenvalue weighted by atomic mass is 10.0. The number of halogens is 4. The van der Waals surface area contributed by atoms with Gasteiger partial charge in [-0.15, -0.1) is 0 Å². The minimum absolute atomic E-state index is 0.116. The molecule has 0 aliphatic carbocycles. The zero-order valence-corrected chi connectivity index (χ0v) is 20.0. The van der Waals surface area contributed by atoms with Gasteiger partial charge >= 0.3 is 6.18 Å². The van der Waals surface area contributed by atoms with Gasteiger partial charge in [0.15, 0.2) is 0 Å². The lowest BCUT2D eigenvalue weighted by Gasteiger charge is -2.44. The molecule has 10 heteroatoms. The minimum atomic E-state index is -4.91. The van der Waals surface area contributed by atoms with Crippen molar-refractivity contribution in [2.75, 3.05) is 30.4 Å². The lowest BCUT2D eigenvalue weighted by Crippen LogP contribution is -2.55. The number of H-pyrrole nitrogens is 1. The molecule has 1 saturated heterocycles. The number of rotatable bonds is 4. The van der Waals surface area contributed by atoms with E-state index in [4.69, 9.17) is 0 Å². The van der Waals surface area contributed by atoms with Crippen molar-refractivity contribution in [3.8, 4) is 11.1 Å². The number of piperazine rings is 1. The van der Waals surface area contributed by atoms with Crippen molar-refractivity contribution in [2.45, 2.75) is 32.1 Å². The van der Waals surface area contributed by atoms with Gasteiger partial charge in [-0.05, 0) is 38.6 Å². The number of amides is 1. The van der Waals surface area contributed by atoms with Crippen molar-refractivity contribution in [3.63, 3.8) is 0 Å². The molecule has 2 heterocycles. The average Bonchev–Trinajstić information content (AvgIpc) is 2.83. The van der Waals surface area contributed by atoms with Gasteiger partial charge in [0.05, 0.1) is 22.5 Å². The number of aromatic nitrogens is 1. The molecule has 0 bridgehead atoms. The van der Waals surface area contributed by atoms with Crippen molar-refractivity contribution in [1.82, 2.24) is 9.88 Å². The first-order valence-electron chi connectivity index (χ1n) is 11.4. The molecule has 4 rings (SSSR count). The second-order valence-electron chi connectivity index (χ2n) is 9.06. The Kier molecular flexibility index (Phi) is 6.90. The molecule has 2 N–H and O–H groups in total. The predicted molar refractivity (Wildman–Crippen MR) is 131 cm³/mol. The van der Waals surface area contributed by atoms with Crippen LogP contribution in [0, 0.1) is 5.82 Å². The molecule has 2 atom stereocenters. The maximum atomic E-state index is 15.3. The van der Waals surface area contributed by atoms with E-state index in [1.807, 2.05) is 25.8 Å². The van der Waals surface area contributed by atoms with Crippen LogP contribution in [0.3, 0.4) is 0 Å². The number of likely N-dealkylation sites (N-methyl/N-ethyl adjacent to an activating group) is 1. The van der Waals surface area contributed by atoms with Crippen molar-refractivity contribution < 1.29 is 22.4 Å². The zero-order chi connectivity index (χ0) is 26.2. The molecule has 1 fully saturated rings. The number of benzene rings is 2. The smallest absolute Gasteiger partial charge is 0.367 e.